The van der Waals surface area contributed by atoms with Crippen LogP contribution in [0.1, 0.15) is 44.9 Å². The Morgan fingerprint density at radius 3 is 2.67 bits per heavy atom. The number of aliphatic hydroxyl groups is 1. The number of rotatable bonds is 4. The van der Waals surface area contributed by atoms with Crippen molar-refractivity contribution >= 4 is 5.91 Å². The highest BCUT2D eigenvalue weighted by Gasteiger charge is 2.42. The van der Waals surface area contributed by atoms with Gasteiger partial charge in [0.15, 0.2) is 0 Å². The first-order valence-electron chi connectivity index (χ1n) is 7.32. The van der Waals surface area contributed by atoms with Gasteiger partial charge in [0.05, 0.1) is 5.41 Å². The van der Waals surface area contributed by atoms with Crippen molar-refractivity contribution in [3.63, 3.8) is 0 Å². The highest BCUT2D eigenvalue weighted by atomic mass is 16.3. The van der Waals surface area contributed by atoms with Gasteiger partial charge < -0.3 is 15.7 Å². The van der Waals surface area contributed by atoms with E-state index < -0.39 is 0 Å². The lowest BCUT2D eigenvalue weighted by Crippen LogP contribution is -2.48. The fraction of sp³-hybridized carbons (Fsp3) is 0.929. The molecule has 0 aromatic rings. The number of carbonyl (C=O) groups is 1. The van der Waals surface area contributed by atoms with Gasteiger partial charge in [0.2, 0.25) is 5.91 Å². The van der Waals surface area contributed by atoms with Crippen molar-refractivity contribution in [3.05, 3.63) is 0 Å². The molecule has 1 saturated heterocycles. The predicted octanol–water partition coefficient (Wildman–Crippen LogP) is 1.13. The molecule has 0 aromatic heterocycles. The molecule has 0 spiro atoms. The number of hydrogen-bond donors (Lipinski definition) is 2. The lowest BCUT2D eigenvalue weighted by Gasteiger charge is -2.37. The Morgan fingerprint density at radius 1 is 1.33 bits per heavy atom. The first-order chi connectivity index (χ1) is 8.72. The largest absolute Gasteiger partial charge is 0.396 e. The molecule has 1 aliphatic carbocycles. The lowest BCUT2D eigenvalue weighted by atomic mass is 9.73. The number of nitrogens with two attached hydrogens (primary N) is 1. The molecule has 1 aliphatic heterocycles. The third-order valence-electron chi connectivity index (χ3n) is 4.77. The molecule has 4 nitrogen and oxygen atoms in total. The maximum absolute atomic E-state index is 12.7. The summed E-state index contributed by atoms with van der Waals surface area (Å²) in [4.78, 5) is 14.7. The van der Waals surface area contributed by atoms with Crippen LogP contribution in [0.2, 0.25) is 0 Å². The normalized spacial score (nSPS) is 27.4. The van der Waals surface area contributed by atoms with Gasteiger partial charge in [0.1, 0.15) is 0 Å². The Kier molecular flexibility index (Phi) is 4.62. The SMILES string of the molecule is NCC1(C(=O)N2CCC(CCO)C2)CCCCC1. The second-order valence-corrected chi connectivity index (χ2v) is 5.96. The molecule has 0 bridgehead atoms. The van der Waals surface area contributed by atoms with Crippen molar-refractivity contribution in [2.75, 3.05) is 26.2 Å². The molecule has 104 valence electrons. The van der Waals surface area contributed by atoms with Gasteiger partial charge in [0.25, 0.3) is 0 Å². The Hall–Kier alpha value is -0.610. The van der Waals surface area contributed by atoms with Crippen LogP contribution in [-0.4, -0.2) is 42.2 Å². The summed E-state index contributed by atoms with van der Waals surface area (Å²) in [5.41, 5.74) is 5.64. The Balaban J connectivity index is 1.97. The fourth-order valence-electron chi connectivity index (χ4n) is 3.50. The van der Waals surface area contributed by atoms with E-state index in [4.69, 9.17) is 10.8 Å². The van der Waals surface area contributed by atoms with E-state index in [-0.39, 0.29) is 17.9 Å². The van der Waals surface area contributed by atoms with Gasteiger partial charge in [-0.1, -0.05) is 19.3 Å². The van der Waals surface area contributed by atoms with Crippen molar-refractivity contribution in [2.24, 2.45) is 17.1 Å². The molecule has 1 heterocycles. The van der Waals surface area contributed by atoms with Crippen molar-refractivity contribution in [3.8, 4) is 0 Å². The summed E-state index contributed by atoms with van der Waals surface area (Å²) in [5, 5.41) is 8.97. The van der Waals surface area contributed by atoms with Crippen LogP contribution in [-0.2, 0) is 4.79 Å². The molecule has 2 fully saturated rings. The second-order valence-electron chi connectivity index (χ2n) is 5.96. The van der Waals surface area contributed by atoms with Crippen molar-refractivity contribution in [1.82, 2.24) is 4.90 Å². The first-order valence-corrected chi connectivity index (χ1v) is 7.32. The van der Waals surface area contributed by atoms with Crippen LogP contribution in [0, 0.1) is 11.3 Å². The van der Waals surface area contributed by atoms with Gasteiger partial charge in [-0.25, -0.2) is 0 Å². The molecule has 0 radical (unpaired) electrons. The third kappa shape index (κ3) is 2.69. The van der Waals surface area contributed by atoms with E-state index >= 15 is 0 Å². The maximum atomic E-state index is 12.7. The Bertz CT molecular complexity index is 288. The Morgan fingerprint density at radius 2 is 2.06 bits per heavy atom. The molecular formula is C14H26N2O2. The van der Waals surface area contributed by atoms with E-state index in [0.717, 1.165) is 51.6 Å². The second kappa shape index (κ2) is 6.02. The summed E-state index contributed by atoms with van der Waals surface area (Å²) in [7, 11) is 0. The molecular weight excluding hydrogens is 228 g/mol. The van der Waals surface area contributed by atoms with Gasteiger partial charge in [0, 0.05) is 26.2 Å². The van der Waals surface area contributed by atoms with Gasteiger partial charge in [-0.2, -0.15) is 0 Å². The highest BCUT2D eigenvalue weighted by molar-refractivity contribution is 5.83. The number of carbonyl (C=O) groups excluding carboxylic acids is 1. The van der Waals surface area contributed by atoms with Crippen molar-refractivity contribution in [1.29, 1.82) is 0 Å². The number of hydrogen-bond acceptors (Lipinski definition) is 3. The molecule has 1 saturated carbocycles. The summed E-state index contributed by atoms with van der Waals surface area (Å²) in [6.45, 7) is 2.40. The number of likely N-dealkylation sites (tertiary alicyclic amines) is 1. The van der Waals surface area contributed by atoms with Crippen molar-refractivity contribution < 1.29 is 9.90 Å². The highest BCUT2D eigenvalue weighted by Crippen LogP contribution is 2.38. The summed E-state index contributed by atoms with van der Waals surface area (Å²) >= 11 is 0. The summed E-state index contributed by atoms with van der Waals surface area (Å²) in [6, 6.07) is 0. The average molecular weight is 254 g/mol. The monoisotopic (exact) mass is 254 g/mol. The molecule has 18 heavy (non-hydrogen) atoms. The maximum Gasteiger partial charge on any atom is 0.230 e. The van der Waals surface area contributed by atoms with Crippen molar-refractivity contribution in [2.45, 2.75) is 44.9 Å². The zero-order chi connectivity index (χ0) is 13.0. The van der Waals surface area contributed by atoms with Crippen LogP contribution < -0.4 is 5.73 Å². The smallest absolute Gasteiger partial charge is 0.230 e. The van der Waals surface area contributed by atoms with E-state index in [2.05, 4.69) is 0 Å². The molecule has 1 unspecified atom stereocenters. The van der Waals surface area contributed by atoms with Crippen LogP contribution in [0.15, 0.2) is 0 Å². The minimum absolute atomic E-state index is 0.231. The quantitative estimate of drug-likeness (QED) is 0.790. The summed E-state index contributed by atoms with van der Waals surface area (Å²) in [6.07, 6.45) is 7.29. The summed E-state index contributed by atoms with van der Waals surface area (Å²) in [5.74, 6) is 0.766. The number of nitrogens with zero attached hydrogens (tertiary/aromatic N) is 1. The van der Waals surface area contributed by atoms with E-state index in [9.17, 15) is 4.79 Å². The molecule has 1 atom stereocenters. The minimum atomic E-state index is -0.271. The molecule has 4 heteroatoms. The zero-order valence-electron chi connectivity index (χ0n) is 11.2. The van der Waals surface area contributed by atoms with Gasteiger partial charge in [-0.3, -0.25) is 4.79 Å². The molecule has 3 N–H and O–H groups in total. The topological polar surface area (TPSA) is 66.6 Å². The minimum Gasteiger partial charge on any atom is -0.396 e. The van der Waals surface area contributed by atoms with Gasteiger partial charge in [-0.05, 0) is 31.6 Å². The number of amides is 1. The molecule has 0 aromatic carbocycles. The van der Waals surface area contributed by atoms with E-state index in [1.165, 1.54) is 6.42 Å². The number of aliphatic hydroxyl groups excluding tert-OH is 1. The van der Waals surface area contributed by atoms with Crippen LogP contribution in [0.25, 0.3) is 0 Å². The van der Waals surface area contributed by atoms with Crippen LogP contribution in [0.3, 0.4) is 0 Å². The molecule has 2 rings (SSSR count). The lowest BCUT2D eigenvalue weighted by molar-refractivity contribution is -0.142. The average Bonchev–Trinajstić information content (AvgIpc) is 2.87. The zero-order valence-corrected chi connectivity index (χ0v) is 11.2. The standard InChI is InChI=1S/C14H26N2O2/c15-11-14(6-2-1-3-7-14)13(18)16-8-4-12(10-16)5-9-17/h12,17H,1-11,15H2. The fourth-order valence-corrected chi connectivity index (χ4v) is 3.50. The third-order valence-corrected chi connectivity index (χ3v) is 4.77. The molecule has 2 aliphatic rings. The first kappa shape index (κ1) is 13.8. The molecule has 1 amide bonds. The van der Waals surface area contributed by atoms with Crippen LogP contribution >= 0.6 is 0 Å². The van der Waals surface area contributed by atoms with E-state index in [1.807, 2.05) is 4.90 Å². The van der Waals surface area contributed by atoms with Crippen LogP contribution in [0.5, 0.6) is 0 Å². The summed E-state index contributed by atoms with van der Waals surface area (Å²) < 4.78 is 0. The van der Waals surface area contributed by atoms with Gasteiger partial charge in [-0.15, -0.1) is 0 Å². The van der Waals surface area contributed by atoms with E-state index in [1.54, 1.807) is 0 Å². The predicted molar refractivity (Wildman–Crippen MR) is 71.0 cm³/mol. The van der Waals surface area contributed by atoms with E-state index in [0.29, 0.717) is 12.5 Å². The van der Waals surface area contributed by atoms with Gasteiger partial charge >= 0.3 is 0 Å². The van der Waals surface area contributed by atoms with Crippen LogP contribution in [0.4, 0.5) is 0 Å². The Labute approximate surface area is 110 Å².